The van der Waals surface area contributed by atoms with Crippen LogP contribution in [0.25, 0.3) is 11.3 Å². The van der Waals surface area contributed by atoms with Crippen molar-refractivity contribution in [3.05, 3.63) is 36.3 Å². The van der Waals surface area contributed by atoms with E-state index in [1.807, 2.05) is 24.3 Å². The molecule has 130 valence electrons. The van der Waals surface area contributed by atoms with Crippen LogP contribution in [0, 0.1) is 0 Å². The first kappa shape index (κ1) is 17.8. The molecule has 0 aliphatic carbocycles. The van der Waals surface area contributed by atoms with Gasteiger partial charge in [0.15, 0.2) is 0 Å². The van der Waals surface area contributed by atoms with Gasteiger partial charge in [0.2, 0.25) is 0 Å². The van der Waals surface area contributed by atoms with Crippen LogP contribution in [0.3, 0.4) is 0 Å². The molecule has 0 bridgehead atoms. The summed E-state index contributed by atoms with van der Waals surface area (Å²) in [5.74, 6) is 1.44. The third kappa shape index (κ3) is 5.01. The highest BCUT2D eigenvalue weighted by molar-refractivity contribution is 5.65. The Morgan fingerprint density at radius 3 is 2.67 bits per heavy atom. The van der Waals surface area contributed by atoms with Crippen molar-refractivity contribution >= 4 is 6.09 Å². The van der Waals surface area contributed by atoms with E-state index in [0.29, 0.717) is 5.82 Å². The minimum Gasteiger partial charge on any atom is -0.497 e. The zero-order chi connectivity index (χ0) is 17.4. The average Bonchev–Trinajstić information content (AvgIpc) is 3.07. The van der Waals surface area contributed by atoms with Crippen molar-refractivity contribution in [1.29, 1.82) is 0 Å². The van der Waals surface area contributed by atoms with E-state index >= 15 is 0 Å². The van der Waals surface area contributed by atoms with Crippen LogP contribution < -0.4 is 10.1 Å². The van der Waals surface area contributed by atoms with Crippen LogP contribution in [0.5, 0.6) is 5.75 Å². The molecular weight excluding hydrogens is 306 g/mol. The van der Waals surface area contributed by atoms with Crippen LogP contribution in [-0.4, -0.2) is 28.3 Å². The van der Waals surface area contributed by atoms with E-state index in [1.165, 1.54) is 0 Å². The van der Waals surface area contributed by atoms with Gasteiger partial charge in [-0.15, -0.1) is 0 Å². The summed E-state index contributed by atoms with van der Waals surface area (Å²) >= 11 is 0. The van der Waals surface area contributed by atoms with Crippen molar-refractivity contribution in [1.82, 2.24) is 15.3 Å². The minimum absolute atomic E-state index is 0.314. The fourth-order valence-electron chi connectivity index (χ4n) is 2.63. The van der Waals surface area contributed by atoms with E-state index in [4.69, 9.17) is 9.84 Å². The molecule has 6 heteroatoms. The minimum atomic E-state index is -1.03. The molecule has 24 heavy (non-hydrogen) atoms. The van der Waals surface area contributed by atoms with Gasteiger partial charge in [-0.25, -0.2) is 9.78 Å². The molecule has 0 aliphatic heterocycles. The number of H-pyrrole nitrogens is 1. The van der Waals surface area contributed by atoms with Crippen LogP contribution in [0.1, 0.15) is 50.9 Å². The SMILES string of the molecule is CCCCCCC(NC(=O)O)c1ncc(-c2ccc(OC)cc2)[nH]1. The van der Waals surface area contributed by atoms with Gasteiger partial charge < -0.3 is 20.1 Å². The number of nitrogens with one attached hydrogen (secondary N) is 2. The van der Waals surface area contributed by atoms with Crippen LogP contribution in [0.4, 0.5) is 4.79 Å². The quantitative estimate of drug-likeness (QED) is 0.596. The van der Waals surface area contributed by atoms with Gasteiger partial charge in [0.05, 0.1) is 25.0 Å². The van der Waals surface area contributed by atoms with E-state index in [1.54, 1.807) is 13.3 Å². The molecule has 0 spiro atoms. The normalized spacial score (nSPS) is 11.9. The maximum Gasteiger partial charge on any atom is 0.405 e. The first-order chi connectivity index (χ1) is 11.6. The van der Waals surface area contributed by atoms with Crippen molar-refractivity contribution < 1.29 is 14.6 Å². The number of imidazole rings is 1. The summed E-state index contributed by atoms with van der Waals surface area (Å²) in [6, 6.07) is 7.33. The lowest BCUT2D eigenvalue weighted by Gasteiger charge is -2.14. The summed E-state index contributed by atoms with van der Waals surface area (Å²) in [5, 5.41) is 11.6. The molecule has 6 nitrogen and oxygen atoms in total. The molecule has 1 amide bonds. The van der Waals surface area contributed by atoms with Crippen molar-refractivity contribution in [3.63, 3.8) is 0 Å². The Hall–Kier alpha value is -2.50. The molecule has 2 aromatic rings. The summed E-state index contributed by atoms with van der Waals surface area (Å²) in [7, 11) is 1.63. The summed E-state index contributed by atoms with van der Waals surface area (Å²) in [6.45, 7) is 2.15. The Morgan fingerprint density at radius 1 is 1.29 bits per heavy atom. The second kappa shape index (κ2) is 8.96. The van der Waals surface area contributed by atoms with Crippen LogP contribution >= 0.6 is 0 Å². The fourth-order valence-corrected chi connectivity index (χ4v) is 2.63. The van der Waals surface area contributed by atoms with E-state index in [9.17, 15) is 4.79 Å². The molecule has 3 N–H and O–H groups in total. The maximum absolute atomic E-state index is 11.1. The lowest BCUT2D eigenvalue weighted by Crippen LogP contribution is -2.27. The Morgan fingerprint density at radius 2 is 2.04 bits per heavy atom. The predicted octanol–water partition coefficient (Wildman–Crippen LogP) is 4.36. The number of hydrogen-bond acceptors (Lipinski definition) is 3. The zero-order valence-electron chi connectivity index (χ0n) is 14.2. The number of methoxy groups -OCH3 is 1. The average molecular weight is 331 g/mol. The second-order valence-electron chi connectivity index (χ2n) is 5.76. The Bertz CT molecular complexity index is 637. The molecule has 0 saturated heterocycles. The van der Waals surface area contributed by atoms with Gasteiger partial charge in [0, 0.05) is 0 Å². The summed E-state index contributed by atoms with van der Waals surface area (Å²) in [6.07, 6.45) is 5.83. The smallest absolute Gasteiger partial charge is 0.405 e. The van der Waals surface area contributed by atoms with Crippen LogP contribution in [0.15, 0.2) is 30.5 Å². The number of ether oxygens (including phenoxy) is 1. The highest BCUT2D eigenvalue weighted by Crippen LogP contribution is 2.24. The van der Waals surface area contributed by atoms with Gasteiger partial charge >= 0.3 is 6.09 Å². The molecule has 0 saturated carbocycles. The number of rotatable bonds is 9. The number of unbranched alkanes of at least 4 members (excludes halogenated alkanes) is 3. The van der Waals surface area contributed by atoms with Crippen molar-refractivity contribution in [2.24, 2.45) is 0 Å². The molecule has 1 atom stereocenters. The molecule has 0 aliphatic rings. The number of aromatic amines is 1. The Balaban J connectivity index is 2.09. The Labute approximate surface area is 142 Å². The van der Waals surface area contributed by atoms with Gasteiger partial charge in [-0.05, 0) is 36.2 Å². The van der Waals surface area contributed by atoms with Crippen molar-refractivity contribution in [2.45, 2.75) is 45.1 Å². The van der Waals surface area contributed by atoms with E-state index < -0.39 is 6.09 Å². The van der Waals surface area contributed by atoms with Gasteiger partial charge in [0.25, 0.3) is 0 Å². The number of carboxylic acid groups (broad SMARTS) is 1. The molecule has 0 radical (unpaired) electrons. The number of nitrogens with zero attached hydrogens (tertiary/aromatic N) is 1. The number of amides is 1. The molecule has 1 heterocycles. The van der Waals surface area contributed by atoms with Crippen molar-refractivity contribution in [2.75, 3.05) is 7.11 Å². The first-order valence-corrected chi connectivity index (χ1v) is 8.32. The van der Waals surface area contributed by atoms with E-state index in [2.05, 4.69) is 22.2 Å². The van der Waals surface area contributed by atoms with E-state index in [0.717, 1.165) is 49.1 Å². The third-order valence-electron chi connectivity index (χ3n) is 3.97. The molecule has 1 aromatic carbocycles. The zero-order valence-corrected chi connectivity index (χ0v) is 14.2. The topological polar surface area (TPSA) is 87.2 Å². The summed E-state index contributed by atoms with van der Waals surface area (Å²) in [4.78, 5) is 18.7. The number of aromatic nitrogens is 2. The number of benzene rings is 1. The van der Waals surface area contributed by atoms with Crippen LogP contribution in [-0.2, 0) is 0 Å². The first-order valence-electron chi connectivity index (χ1n) is 8.32. The molecule has 2 rings (SSSR count). The largest absolute Gasteiger partial charge is 0.497 e. The van der Waals surface area contributed by atoms with Gasteiger partial charge in [-0.3, -0.25) is 0 Å². The monoisotopic (exact) mass is 331 g/mol. The highest BCUT2D eigenvalue weighted by atomic mass is 16.5. The highest BCUT2D eigenvalue weighted by Gasteiger charge is 2.17. The fraction of sp³-hybridized carbons (Fsp3) is 0.444. The lowest BCUT2D eigenvalue weighted by molar-refractivity contribution is 0.188. The molecule has 1 unspecified atom stereocenters. The van der Waals surface area contributed by atoms with Crippen molar-refractivity contribution in [3.8, 4) is 17.0 Å². The van der Waals surface area contributed by atoms with Gasteiger partial charge in [0.1, 0.15) is 11.6 Å². The third-order valence-corrected chi connectivity index (χ3v) is 3.97. The second-order valence-corrected chi connectivity index (χ2v) is 5.76. The van der Waals surface area contributed by atoms with E-state index in [-0.39, 0.29) is 6.04 Å². The summed E-state index contributed by atoms with van der Waals surface area (Å²) < 4.78 is 5.16. The van der Waals surface area contributed by atoms with Gasteiger partial charge in [-0.2, -0.15) is 0 Å². The predicted molar refractivity (Wildman–Crippen MR) is 93.2 cm³/mol. The van der Waals surface area contributed by atoms with Gasteiger partial charge in [-0.1, -0.05) is 32.6 Å². The summed E-state index contributed by atoms with van der Waals surface area (Å²) in [5.41, 5.74) is 1.84. The number of hydrogen-bond donors (Lipinski definition) is 3. The standard InChI is InChI=1S/C18H25N3O3/c1-3-4-5-6-7-15(21-18(22)23)17-19-12-16(20-17)13-8-10-14(24-2)11-9-13/h8-12,15,21H,3-7H2,1-2H3,(H,19,20)(H,22,23). The molecular formula is C18H25N3O3. The lowest BCUT2D eigenvalue weighted by atomic mass is 10.1. The maximum atomic E-state index is 11.1. The Kier molecular flexibility index (Phi) is 6.66. The molecule has 0 fully saturated rings. The molecule has 1 aromatic heterocycles. The number of carbonyl (C=O) groups is 1. The van der Waals surface area contributed by atoms with Crippen LogP contribution in [0.2, 0.25) is 0 Å².